The predicted octanol–water partition coefficient (Wildman–Crippen LogP) is 4.48. The second-order valence-corrected chi connectivity index (χ2v) is 9.53. The van der Waals surface area contributed by atoms with Crippen LogP contribution >= 0.6 is 0 Å². The van der Waals surface area contributed by atoms with Gasteiger partial charge in [-0.2, -0.15) is 0 Å². The van der Waals surface area contributed by atoms with Crippen LogP contribution in [-0.4, -0.2) is 60.1 Å². The van der Waals surface area contributed by atoms with Gasteiger partial charge < -0.3 is 39.4 Å². The molecule has 0 saturated carbocycles. The molecule has 0 aliphatic rings. The molecule has 4 aromatic rings. The fourth-order valence-electron chi connectivity index (χ4n) is 4.67. The van der Waals surface area contributed by atoms with Crippen LogP contribution in [0, 0.1) is 0 Å². The van der Waals surface area contributed by atoms with E-state index in [1.165, 1.54) is 0 Å². The van der Waals surface area contributed by atoms with Crippen LogP contribution in [0.4, 0.5) is 0 Å². The summed E-state index contributed by atoms with van der Waals surface area (Å²) in [5.41, 5.74) is 6.20. The lowest BCUT2D eigenvalue weighted by atomic mass is 9.99. The van der Waals surface area contributed by atoms with Gasteiger partial charge in [0, 0.05) is 22.3 Å². The van der Waals surface area contributed by atoms with Gasteiger partial charge in [0.2, 0.25) is 0 Å². The molecule has 0 amide bonds. The van der Waals surface area contributed by atoms with Crippen LogP contribution in [0.5, 0.6) is 11.5 Å². The Kier molecular flexibility index (Phi) is 12.3. The molecule has 222 valence electrons. The van der Waals surface area contributed by atoms with E-state index >= 15 is 0 Å². The molecule has 42 heavy (non-hydrogen) atoms. The number of rotatable bonds is 17. The fourth-order valence-corrected chi connectivity index (χ4v) is 4.67. The maximum absolute atomic E-state index is 9.90. The molecule has 0 saturated heterocycles. The summed E-state index contributed by atoms with van der Waals surface area (Å²) >= 11 is 0. The highest BCUT2D eigenvalue weighted by molar-refractivity contribution is 5.68. The van der Waals surface area contributed by atoms with E-state index in [9.17, 15) is 20.4 Å². The lowest BCUT2D eigenvalue weighted by Gasteiger charge is -2.17. The van der Waals surface area contributed by atoms with Crippen molar-refractivity contribution in [2.75, 3.05) is 39.6 Å². The molecule has 0 fully saturated rings. The second kappa shape index (κ2) is 16.6. The van der Waals surface area contributed by atoms with Gasteiger partial charge in [-0.25, -0.2) is 0 Å². The van der Waals surface area contributed by atoms with Crippen LogP contribution in [0.1, 0.15) is 22.3 Å². The molecular formula is C34H38O8. The van der Waals surface area contributed by atoms with E-state index in [0.717, 1.165) is 22.3 Å². The molecule has 0 unspecified atom stereocenters. The first-order chi connectivity index (χ1) is 20.7. The maximum Gasteiger partial charge on any atom is 0.130 e. The van der Waals surface area contributed by atoms with E-state index in [0.29, 0.717) is 60.2 Å². The van der Waals surface area contributed by atoms with Gasteiger partial charge in [0.1, 0.15) is 24.7 Å². The van der Waals surface area contributed by atoms with Gasteiger partial charge in [0.05, 0.1) is 52.9 Å². The first kappa shape index (κ1) is 31.2. The Hall–Kier alpha value is -3.76. The van der Waals surface area contributed by atoms with E-state index in [2.05, 4.69) is 0 Å². The van der Waals surface area contributed by atoms with Crippen LogP contribution in [0.25, 0.3) is 22.3 Å². The van der Waals surface area contributed by atoms with Crippen molar-refractivity contribution in [3.63, 3.8) is 0 Å². The predicted molar refractivity (Wildman–Crippen MR) is 160 cm³/mol. The third kappa shape index (κ3) is 8.39. The quantitative estimate of drug-likeness (QED) is 0.136. The highest BCUT2D eigenvalue weighted by Gasteiger charge is 2.14. The number of aliphatic hydroxyl groups excluding tert-OH is 4. The molecule has 0 radical (unpaired) electrons. The van der Waals surface area contributed by atoms with Crippen molar-refractivity contribution in [2.45, 2.75) is 26.4 Å². The number of benzene rings is 4. The molecule has 4 aromatic carbocycles. The van der Waals surface area contributed by atoms with E-state index in [1.807, 2.05) is 84.9 Å². The van der Waals surface area contributed by atoms with Crippen molar-refractivity contribution >= 4 is 0 Å². The van der Waals surface area contributed by atoms with E-state index in [1.54, 1.807) is 0 Å². The molecule has 8 heteroatoms. The Bertz CT molecular complexity index is 1220. The van der Waals surface area contributed by atoms with E-state index < -0.39 is 0 Å². The third-order valence-electron chi connectivity index (χ3n) is 6.70. The third-order valence-corrected chi connectivity index (χ3v) is 6.70. The number of ether oxygens (including phenoxy) is 4. The molecule has 0 aliphatic carbocycles. The van der Waals surface area contributed by atoms with Crippen LogP contribution in [-0.2, 0) is 35.9 Å². The van der Waals surface area contributed by atoms with Crippen molar-refractivity contribution in [3.05, 3.63) is 107 Å². The zero-order valence-corrected chi connectivity index (χ0v) is 23.6. The minimum absolute atomic E-state index is 0.212. The van der Waals surface area contributed by atoms with Gasteiger partial charge in [-0.3, -0.25) is 0 Å². The molecule has 0 heterocycles. The normalized spacial score (nSPS) is 11.0. The molecule has 0 aromatic heterocycles. The maximum atomic E-state index is 9.90. The lowest BCUT2D eigenvalue weighted by Crippen LogP contribution is -2.15. The van der Waals surface area contributed by atoms with Crippen molar-refractivity contribution in [2.24, 2.45) is 0 Å². The lowest BCUT2D eigenvalue weighted by molar-refractivity contribution is 0.0266. The van der Waals surface area contributed by atoms with Crippen LogP contribution in [0.3, 0.4) is 0 Å². The van der Waals surface area contributed by atoms with Gasteiger partial charge in [0.25, 0.3) is 0 Å². The summed E-state index contributed by atoms with van der Waals surface area (Å²) < 4.78 is 23.0. The topological polar surface area (TPSA) is 118 Å². The smallest absolute Gasteiger partial charge is 0.130 e. The zero-order valence-electron chi connectivity index (χ0n) is 23.6. The summed E-state index contributed by atoms with van der Waals surface area (Å²) in [6.07, 6.45) is 0. The van der Waals surface area contributed by atoms with Crippen LogP contribution in [0.2, 0.25) is 0 Å². The standard InChI is InChI=1S/C34H38O8/c35-21-29-17-27(25-7-3-1-4-8-25)18-30(22-36)33(29)41-15-13-39-11-12-40-14-16-42-34-31(23-37)19-28(20-32(34)24-38)26-9-5-2-6-10-26/h1-10,17-20,35-38H,11-16,21-24H2. The largest absolute Gasteiger partial charge is 0.490 e. The highest BCUT2D eigenvalue weighted by Crippen LogP contribution is 2.33. The number of hydrogen-bond donors (Lipinski definition) is 4. The highest BCUT2D eigenvalue weighted by atomic mass is 16.6. The molecule has 0 aliphatic heterocycles. The summed E-state index contributed by atoms with van der Waals surface area (Å²) in [6, 6.07) is 27.0. The minimum atomic E-state index is -0.212. The van der Waals surface area contributed by atoms with Crippen LogP contribution < -0.4 is 9.47 Å². The van der Waals surface area contributed by atoms with Crippen molar-refractivity contribution < 1.29 is 39.4 Å². The first-order valence-electron chi connectivity index (χ1n) is 14.0. The summed E-state index contributed by atoms with van der Waals surface area (Å²) in [5.74, 6) is 0.941. The van der Waals surface area contributed by atoms with Crippen LogP contribution in [0.15, 0.2) is 84.9 Å². The Balaban J connectivity index is 1.18. The van der Waals surface area contributed by atoms with E-state index in [4.69, 9.17) is 18.9 Å². The average molecular weight is 575 g/mol. The summed E-state index contributed by atoms with van der Waals surface area (Å²) in [4.78, 5) is 0. The molecule has 4 rings (SSSR count). The second-order valence-electron chi connectivity index (χ2n) is 9.53. The number of hydrogen-bond acceptors (Lipinski definition) is 8. The average Bonchev–Trinajstić information content (AvgIpc) is 3.05. The molecule has 8 nitrogen and oxygen atoms in total. The monoisotopic (exact) mass is 574 g/mol. The zero-order chi connectivity index (χ0) is 29.6. The Morgan fingerprint density at radius 1 is 0.381 bits per heavy atom. The summed E-state index contributed by atoms with van der Waals surface area (Å²) in [6.45, 7) is 0.978. The Morgan fingerprint density at radius 2 is 0.690 bits per heavy atom. The van der Waals surface area contributed by atoms with Gasteiger partial charge in [-0.05, 0) is 46.5 Å². The van der Waals surface area contributed by atoms with Gasteiger partial charge in [-0.15, -0.1) is 0 Å². The Labute approximate surface area is 246 Å². The van der Waals surface area contributed by atoms with Gasteiger partial charge in [0.15, 0.2) is 0 Å². The molecule has 4 N–H and O–H groups in total. The molecule has 0 spiro atoms. The summed E-state index contributed by atoms with van der Waals surface area (Å²) in [5, 5.41) is 39.6. The SMILES string of the molecule is OCc1cc(-c2ccccc2)cc(CO)c1OCCOCCOCCOc1c(CO)cc(-c2ccccc2)cc1CO. The summed E-state index contributed by atoms with van der Waals surface area (Å²) in [7, 11) is 0. The number of aliphatic hydroxyl groups is 4. The molecule has 0 atom stereocenters. The van der Waals surface area contributed by atoms with Gasteiger partial charge in [-0.1, -0.05) is 60.7 Å². The molecule has 0 bridgehead atoms. The first-order valence-corrected chi connectivity index (χ1v) is 14.0. The van der Waals surface area contributed by atoms with E-state index in [-0.39, 0.29) is 39.6 Å². The van der Waals surface area contributed by atoms with Gasteiger partial charge >= 0.3 is 0 Å². The van der Waals surface area contributed by atoms with Crippen molar-refractivity contribution in [1.29, 1.82) is 0 Å². The van der Waals surface area contributed by atoms with Crippen molar-refractivity contribution in [1.82, 2.24) is 0 Å². The van der Waals surface area contributed by atoms with Crippen molar-refractivity contribution in [3.8, 4) is 33.8 Å². The Morgan fingerprint density at radius 3 is 1.00 bits per heavy atom. The minimum Gasteiger partial charge on any atom is -0.490 e. The molecular weight excluding hydrogens is 536 g/mol. The fraction of sp³-hybridized carbons (Fsp3) is 0.294.